The maximum absolute atomic E-state index is 12.1. The van der Waals surface area contributed by atoms with Gasteiger partial charge >= 0.3 is 6.61 Å². The second kappa shape index (κ2) is 6.64. The first-order valence-electron chi connectivity index (χ1n) is 5.50. The molecule has 21 heavy (non-hydrogen) atoms. The van der Waals surface area contributed by atoms with Crippen LogP contribution in [0.15, 0.2) is 30.3 Å². The summed E-state index contributed by atoms with van der Waals surface area (Å²) < 4.78 is 28.5. The summed E-state index contributed by atoms with van der Waals surface area (Å²) in [6.45, 7) is -2.97. The van der Waals surface area contributed by atoms with E-state index in [-0.39, 0.29) is 27.6 Å². The highest BCUT2D eigenvalue weighted by atomic mass is 35.5. The molecule has 0 saturated heterocycles. The molecule has 0 aliphatic rings. The lowest BCUT2D eigenvalue weighted by Gasteiger charge is -2.07. The van der Waals surface area contributed by atoms with E-state index < -0.39 is 12.5 Å². The number of amides is 1. The number of ether oxygens (including phenoxy) is 1. The van der Waals surface area contributed by atoms with Crippen LogP contribution in [0.5, 0.6) is 5.75 Å². The van der Waals surface area contributed by atoms with Crippen molar-refractivity contribution in [2.24, 2.45) is 0 Å². The summed E-state index contributed by atoms with van der Waals surface area (Å²) in [5, 5.41) is 2.34. The van der Waals surface area contributed by atoms with Gasteiger partial charge in [0.1, 0.15) is 16.7 Å². The molecular weight excluding hydrogens is 327 g/mol. The first-order chi connectivity index (χ1) is 9.94. The molecule has 2 aromatic rings. The van der Waals surface area contributed by atoms with E-state index in [1.807, 2.05) is 0 Å². The monoisotopic (exact) mass is 333 g/mol. The second-order valence-electron chi connectivity index (χ2n) is 3.71. The minimum atomic E-state index is -2.97. The van der Waals surface area contributed by atoms with Crippen molar-refractivity contribution in [1.82, 2.24) is 9.97 Å². The van der Waals surface area contributed by atoms with Gasteiger partial charge in [0.2, 0.25) is 5.28 Å². The van der Waals surface area contributed by atoms with Gasteiger partial charge in [0.25, 0.3) is 5.91 Å². The van der Waals surface area contributed by atoms with Crippen molar-refractivity contribution in [2.45, 2.75) is 6.61 Å². The minimum Gasteiger partial charge on any atom is -0.435 e. The molecule has 2 rings (SSSR count). The van der Waals surface area contributed by atoms with Crippen LogP contribution < -0.4 is 10.1 Å². The lowest BCUT2D eigenvalue weighted by Crippen LogP contribution is -2.13. The highest BCUT2D eigenvalue weighted by Gasteiger charge is 2.11. The maximum atomic E-state index is 12.1. The SMILES string of the molecule is O=C(Nc1cc(Cl)nc(Cl)n1)c1cccc(OC(F)F)c1. The number of carbonyl (C=O) groups is 1. The third kappa shape index (κ3) is 4.51. The van der Waals surface area contributed by atoms with Gasteiger partial charge in [-0.3, -0.25) is 4.79 Å². The molecule has 0 radical (unpaired) electrons. The number of anilines is 1. The number of rotatable bonds is 4. The molecule has 0 aliphatic carbocycles. The largest absolute Gasteiger partial charge is 0.435 e. The van der Waals surface area contributed by atoms with Crippen molar-refractivity contribution >= 4 is 34.9 Å². The first kappa shape index (κ1) is 15.4. The average Bonchev–Trinajstić information content (AvgIpc) is 2.36. The summed E-state index contributed by atoms with van der Waals surface area (Å²) >= 11 is 11.3. The van der Waals surface area contributed by atoms with E-state index in [2.05, 4.69) is 20.0 Å². The molecule has 0 spiro atoms. The standard InChI is InChI=1S/C12H7Cl2F2N3O2/c13-8-5-9(19-11(14)17-8)18-10(20)6-2-1-3-7(4-6)21-12(15)16/h1-5,12H,(H,17,18,19,20). The summed E-state index contributed by atoms with van der Waals surface area (Å²) in [7, 11) is 0. The summed E-state index contributed by atoms with van der Waals surface area (Å²) in [6.07, 6.45) is 0. The first-order valence-corrected chi connectivity index (χ1v) is 6.26. The lowest BCUT2D eigenvalue weighted by atomic mass is 10.2. The third-order valence-electron chi connectivity index (χ3n) is 2.23. The van der Waals surface area contributed by atoms with E-state index in [1.54, 1.807) is 0 Å². The van der Waals surface area contributed by atoms with Crippen LogP contribution in [0, 0.1) is 0 Å². The van der Waals surface area contributed by atoms with E-state index in [1.165, 1.54) is 30.3 Å². The van der Waals surface area contributed by atoms with Crippen LogP contribution in [-0.4, -0.2) is 22.5 Å². The Bertz CT molecular complexity index is 650. The topological polar surface area (TPSA) is 64.1 Å². The number of aromatic nitrogens is 2. The fraction of sp³-hybridized carbons (Fsp3) is 0.0833. The zero-order valence-corrected chi connectivity index (χ0v) is 11.7. The van der Waals surface area contributed by atoms with E-state index >= 15 is 0 Å². The molecule has 0 saturated carbocycles. The van der Waals surface area contributed by atoms with Crippen molar-refractivity contribution in [2.75, 3.05) is 5.32 Å². The van der Waals surface area contributed by atoms with Crippen molar-refractivity contribution in [3.63, 3.8) is 0 Å². The molecule has 0 unspecified atom stereocenters. The maximum Gasteiger partial charge on any atom is 0.387 e. The Hall–Kier alpha value is -1.99. The molecule has 1 aromatic heterocycles. The van der Waals surface area contributed by atoms with Gasteiger partial charge in [0.15, 0.2) is 0 Å². The molecule has 1 heterocycles. The number of hydrogen-bond donors (Lipinski definition) is 1. The predicted octanol–water partition coefficient (Wildman–Crippen LogP) is 3.64. The van der Waals surface area contributed by atoms with Gasteiger partial charge in [-0.1, -0.05) is 17.7 Å². The number of alkyl halides is 2. The van der Waals surface area contributed by atoms with Crippen LogP contribution in [-0.2, 0) is 0 Å². The van der Waals surface area contributed by atoms with E-state index in [4.69, 9.17) is 23.2 Å². The fourth-order valence-corrected chi connectivity index (χ4v) is 1.86. The van der Waals surface area contributed by atoms with Gasteiger partial charge in [-0.15, -0.1) is 0 Å². The Morgan fingerprint density at radius 2 is 2.00 bits per heavy atom. The molecular formula is C12H7Cl2F2N3O2. The number of hydrogen-bond acceptors (Lipinski definition) is 4. The quantitative estimate of drug-likeness (QED) is 0.685. The number of benzene rings is 1. The van der Waals surface area contributed by atoms with Gasteiger partial charge in [-0.05, 0) is 29.8 Å². The van der Waals surface area contributed by atoms with Crippen LogP contribution in [0.1, 0.15) is 10.4 Å². The Kier molecular flexibility index (Phi) is 4.87. The van der Waals surface area contributed by atoms with Crippen LogP contribution in [0.25, 0.3) is 0 Å². The van der Waals surface area contributed by atoms with Gasteiger partial charge in [-0.2, -0.15) is 8.78 Å². The molecule has 1 aromatic carbocycles. The molecule has 0 aliphatic heterocycles. The van der Waals surface area contributed by atoms with Gasteiger partial charge in [0.05, 0.1) is 0 Å². The molecule has 0 atom stereocenters. The van der Waals surface area contributed by atoms with Crippen molar-refractivity contribution in [3.05, 3.63) is 46.3 Å². The van der Waals surface area contributed by atoms with Crippen LogP contribution >= 0.6 is 23.2 Å². The van der Waals surface area contributed by atoms with Gasteiger partial charge < -0.3 is 10.1 Å². The fourth-order valence-electron chi connectivity index (χ4n) is 1.46. The Labute approximate surface area is 127 Å². The molecule has 1 N–H and O–H groups in total. The Balaban J connectivity index is 2.16. The second-order valence-corrected chi connectivity index (χ2v) is 4.43. The summed E-state index contributed by atoms with van der Waals surface area (Å²) in [6, 6.07) is 6.61. The lowest BCUT2D eigenvalue weighted by molar-refractivity contribution is -0.0498. The number of nitrogens with one attached hydrogen (secondary N) is 1. The Morgan fingerprint density at radius 1 is 1.24 bits per heavy atom. The van der Waals surface area contributed by atoms with Crippen LogP contribution in [0.4, 0.5) is 14.6 Å². The smallest absolute Gasteiger partial charge is 0.387 e. The van der Waals surface area contributed by atoms with Crippen LogP contribution in [0.2, 0.25) is 10.4 Å². The summed E-state index contributed by atoms with van der Waals surface area (Å²) in [5.74, 6) is -0.623. The van der Waals surface area contributed by atoms with E-state index in [0.717, 1.165) is 0 Å². The molecule has 9 heteroatoms. The number of nitrogens with zero attached hydrogens (tertiary/aromatic N) is 2. The molecule has 5 nitrogen and oxygen atoms in total. The summed E-state index contributed by atoms with van der Waals surface area (Å²) in [5.41, 5.74) is 0.110. The predicted molar refractivity (Wildman–Crippen MR) is 73.1 cm³/mol. The average molecular weight is 334 g/mol. The van der Waals surface area contributed by atoms with Crippen molar-refractivity contribution in [1.29, 1.82) is 0 Å². The highest BCUT2D eigenvalue weighted by Crippen LogP contribution is 2.18. The van der Waals surface area contributed by atoms with E-state index in [0.29, 0.717) is 0 Å². The van der Waals surface area contributed by atoms with Gasteiger partial charge in [-0.25, -0.2) is 9.97 Å². The molecule has 0 fully saturated rings. The Morgan fingerprint density at radius 3 is 2.67 bits per heavy atom. The van der Waals surface area contributed by atoms with Gasteiger partial charge in [0, 0.05) is 11.6 Å². The van der Waals surface area contributed by atoms with Crippen LogP contribution in [0.3, 0.4) is 0 Å². The normalized spacial score (nSPS) is 10.5. The van der Waals surface area contributed by atoms with E-state index in [9.17, 15) is 13.6 Å². The zero-order chi connectivity index (χ0) is 15.4. The summed E-state index contributed by atoms with van der Waals surface area (Å²) in [4.78, 5) is 19.4. The molecule has 110 valence electrons. The molecule has 0 bridgehead atoms. The number of halogens is 4. The highest BCUT2D eigenvalue weighted by molar-refractivity contribution is 6.32. The third-order valence-corrected chi connectivity index (χ3v) is 2.59. The van der Waals surface area contributed by atoms with Crippen molar-refractivity contribution in [3.8, 4) is 5.75 Å². The zero-order valence-electron chi connectivity index (χ0n) is 10.2. The molecule has 1 amide bonds. The van der Waals surface area contributed by atoms with Crippen molar-refractivity contribution < 1.29 is 18.3 Å². The number of carbonyl (C=O) groups excluding carboxylic acids is 1. The minimum absolute atomic E-state index is 0.0556.